The summed E-state index contributed by atoms with van der Waals surface area (Å²) in [6.45, 7) is 3.96. The Morgan fingerprint density at radius 3 is 2.85 bits per heavy atom. The highest BCUT2D eigenvalue weighted by molar-refractivity contribution is 8.04. The van der Waals surface area contributed by atoms with Crippen LogP contribution >= 0.6 is 23.4 Å². The zero-order valence-electron chi connectivity index (χ0n) is 14.5. The molecule has 1 aromatic carbocycles. The van der Waals surface area contributed by atoms with Crippen LogP contribution in [0.15, 0.2) is 29.7 Å². The van der Waals surface area contributed by atoms with Gasteiger partial charge in [-0.2, -0.15) is 14.3 Å². The van der Waals surface area contributed by atoms with Gasteiger partial charge in [0.25, 0.3) is 5.91 Å². The van der Waals surface area contributed by atoms with Gasteiger partial charge in [-0.15, -0.1) is 11.8 Å². The first-order valence-electron chi connectivity index (χ1n) is 8.30. The molecule has 1 atom stereocenters. The largest absolute Gasteiger partial charge is 0.501 e. The average Bonchev–Trinajstić information content (AvgIpc) is 3.08. The predicted octanol–water partition coefficient (Wildman–Crippen LogP) is 3.04. The fraction of sp³-hybridized carbons (Fsp3) is 0.333. The van der Waals surface area contributed by atoms with Crippen molar-refractivity contribution in [3.8, 4) is 0 Å². The van der Waals surface area contributed by atoms with Crippen molar-refractivity contribution < 1.29 is 19.0 Å². The molecule has 0 saturated heterocycles. The molecule has 3 rings (SSSR count). The van der Waals surface area contributed by atoms with Crippen LogP contribution in [0.4, 0.5) is 10.5 Å². The van der Waals surface area contributed by atoms with E-state index >= 15 is 0 Å². The second-order valence-electron chi connectivity index (χ2n) is 6.11. The Bertz CT molecular complexity index is 850. The van der Waals surface area contributed by atoms with Gasteiger partial charge in [0, 0.05) is 10.7 Å². The fourth-order valence-electron chi connectivity index (χ4n) is 2.86. The number of rotatable bonds is 5. The third-order valence-electron chi connectivity index (χ3n) is 4.19. The minimum Gasteiger partial charge on any atom is -0.323 e. The molecule has 0 radical (unpaired) electrons. The number of carbonyl (C=O) groups is 3. The molecular weight excluding hydrogens is 374 g/mol. The number of allylic oxidation sites excluding steroid dienone is 1. The van der Waals surface area contributed by atoms with Gasteiger partial charge in [-0.05, 0) is 42.5 Å². The van der Waals surface area contributed by atoms with E-state index in [9.17, 15) is 14.4 Å². The number of aryl methyl sites for hydroxylation is 1. The van der Waals surface area contributed by atoms with Crippen LogP contribution in [-0.4, -0.2) is 51.4 Å². The van der Waals surface area contributed by atoms with Crippen LogP contribution in [0.1, 0.15) is 18.9 Å². The van der Waals surface area contributed by atoms with Crippen LogP contribution in [0.2, 0.25) is 5.02 Å². The minimum absolute atomic E-state index is 0.158. The van der Waals surface area contributed by atoms with Crippen LogP contribution in [0.3, 0.4) is 0 Å². The highest BCUT2D eigenvalue weighted by Crippen LogP contribution is 2.28. The van der Waals surface area contributed by atoms with Crippen molar-refractivity contribution in [2.45, 2.75) is 25.5 Å². The number of fused-ring (bicyclic) bond motifs is 1. The monoisotopic (exact) mass is 392 g/mol. The van der Waals surface area contributed by atoms with E-state index in [1.54, 1.807) is 23.6 Å². The fourth-order valence-corrected chi connectivity index (χ4v) is 4.00. The number of halogens is 1. The number of thioether (sulfide) groups is 1. The Labute approximate surface area is 160 Å². The number of imide groups is 1. The minimum atomic E-state index is -0.458. The van der Waals surface area contributed by atoms with Gasteiger partial charge in [-0.1, -0.05) is 24.6 Å². The molecule has 2 aliphatic rings. The summed E-state index contributed by atoms with van der Waals surface area (Å²) in [6, 6.07) is 4.78. The van der Waals surface area contributed by atoms with Gasteiger partial charge in [0.2, 0.25) is 0 Å². The van der Waals surface area contributed by atoms with E-state index in [0.29, 0.717) is 29.4 Å². The molecule has 0 saturated carbocycles. The molecule has 0 spiro atoms. The van der Waals surface area contributed by atoms with Crippen molar-refractivity contribution in [3.05, 3.63) is 40.3 Å². The van der Waals surface area contributed by atoms with E-state index in [4.69, 9.17) is 11.6 Å². The van der Waals surface area contributed by atoms with Crippen LogP contribution < -0.4 is 5.32 Å². The van der Waals surface area contributed by atoms with Gasteiger partial charge < -0.3 is 5.32 Å². The zero-order valence-corrected chi connectivity index (χ0v) is 16.1. The zero-order chi connectivity index (χ0) is 18.8. The standard InChI is InChI=1S/C18H18ClN3O3S/c1-3-7-21-17(24)16-14(6-8-26-16)22(18(21)25)10-15(23)20-12-5-4-11(2)13(19)9-12/h4-6,8-9,16H,3,7,10H2,1-2H3/p+1. The Hall–Kier alpha value is -2.12. The number of benzene rings is 1. The predicted molar refractivity (Wildman–Crippen MR) is 103 cm³/mol. The Morgan fingerprint density at radius 1 is 1.38 bits per heavy atom. The molecule has 0 aliphatic carbocycles. The summed E-state index contributed by atoms with van der Waals surface area (Å²) in [5, 5.41) is 4.63. The second kappa shape index (κ2) is 7.63. The molecule has 1 aromatic rings. The number of hydrogen-bond acceptors (Lipinski definition) is 4. The number of anilines is 1. The topological polar surface area (TPSA) is 69.5 Å². The molecule has 1 N–H and O–H groups in total. The highest BCUT2D eigenvalue weighted by Gasteiger charge is 2.48. The lowest BCUT2D eigenvalue weighted by molar-refractivity contribution is -0.425. The van der Waals surface area contributed by atoms with Crippen molar-refractivity contribution in [2.24, 2.45) is 0 Å². The van der Waals surface area contributed by atoms with E-state index in [1.807, 2.05) is 19.9 Å². The van der Waals surface area contributed by atoms with E-state index in [2.05, 4.69) is 5.32 Å². The number of nitrogens with one attached hydrogen (secondary N) is 1. The van der Waals surface area contributed by atoms with Crippen molar-refractivity contribution >= 4 is 52.6 Å². The smallest absolute Gasteiger partial charge is 0.323 e. The van der Waals surface area contributed by atoms with Gasteiger partial charge in [-0.25, -0.2) is 4.79 Å². The first-order valence-corrected chi connectivity index (χ1v) is 9.62. The van der Waals surface area contributed by atoms with Gasteiger partial charge in [0.1, 0.15) is 5.71 Å². The summed E-state index contributed by atoms with van der Waals surface area (Å²) in [5.74, 6) is -0.565. The number of hydrogen-bond donors (Lipinski definition) is 1. The molecule has 26 heavy (non-hydrogen) atoms. The molecule has 1 unspecified atom stereocenters. The van der Waals surface area contributed by atoms with E-state index in [0.717, 1.165) is 5.56 Å². The Balaban J connectivity index is 1.82. The summed E-state index contributed by atoms with van der Waals surface area (Å²) in [5.41, 5.74) is 2.04. The number of carbonyl (C=O) groups excluding carboxylic acids is 3. The van der Waals surface area contributed by atoms with Gasteiger partial charge in [-0.3, -0.25) is 4.79 Å². The van der Waals surface area contributed by atoms with Gasteiger partial charge in [0.05, 0.1) is 6.54 Å². The lowest BCUT2D eigenvalue weighted by Gasteiger charge is -2.23. The molecule has 136 valence electrons. The van der Waals surface area contributed by atoms with Crippen molar-refractivity contribution in [1.82, 2.24) is 4.90 Å². The van der Waals surface area contributed by atoms with E-state index in [1.165, 1.54) is 21.2 Å². The third-order valence-corrected chi connectivity index (χ3v) is 5.61. The molecular formula is C18H19ClN3O3S+. The quantitative estimate of drug-likeness (QED) is 0.782. The van der Waals surface area contributed by atoms with Gasteiger partial charge >= 0.3 is 11.9 Å². The Kier molecular flexibility index (Phi) is 5.48. The summed E-state index contributed by atoms with van der Waals surface area (Å²) in [4.78, 5) is 38.9. The molecule has 6 nitrogen and oxygen atoms in total. The molecule has 0 bridgehead atoms. The molecule has 2 aliphatic heterocycles. The molecule has 8 heteroatoms. The summed E-state index contributed by atoms with van der Waals surface area (Å²) < 4.78 is 1.38. The Morgan fingerprint density at radius 2 is 2.15 bits per heavy atom. The van der Waals surface area contributed by atoms with Crippen LogP contribution in [-0.2, 0) is 9.59 Å². The number of urea groups is 1. The normalized spacial score (nSPS) is 19.2. The lowest BCUT2D eigenvalue weighted by Crippen LogP contribution is -2.56. The average molecular weight is 393 g/mol. The maximum Gasteiger partial charge on any atom is 0.501 e. The SMILES string of the molecule is CCCN1C(=O)C2SC=CC2=[N+](CC(=O)Nc2ccc(C)c(Cl)c2)C1=O. The van der Waals surface area contributed by atoms with E-state index < -0.39 is 11.3 Å². The maximum atomic E-state index is 12.7. The summed E-state index contributed by atoms with van der Waals surface area (Å²) >= 11 is 7.43. The highest BCUT2D eigenvalue weighted by atomic mass is 35.5. The van der Waals surface area contributed by atoms with E-state index in [-0.39, 0.29) is 18.4 Å². The first-order chi connectivity index (χ1) is 12.4. The molecule has 0 fully saturated rings. The molecule has 4 amide bonds. The molecule has 2 heterocycles. The summed E-state index contributed by atoms with van der Waals surface area (Å²) in [7, 11) is 0. The van der Waals surface area contributed by atoms with Crippen LogP contribution in [0, 0.1) is 6.92 Å². The number of nitrogens with zero attached hydrogens (tertiary/aromatic N) is 2. The lowest BCUT2D eigenvalue weighted by atomic mass is 10.1. The van der Waals surface area contributed by atoms with Crippen LogP contribution in [0.5, 0.6) is 0 Å². The van der Waals surface area contributed by atoms with Crippen molar-refractivity contribution in [3.63, 3.8) is 0 Å². The summed E-state index contributed by atoms with van der Waals surface area (Å²) in [6.07, 6.45) is 2.39. The second-order valence-corrected chi connectivity index (χ2v) is 7.54. The van der Waals surface area contributed by atoms with Crippen molar-refractivity contribution in [2.75, 3.05) is 18.4 Å². The number of amides is 4. The maximum absolute atomic E-state index is 12.7. The first kappa shape index (κ1) is 18.7. The molecule has 0 aromatic heterocycles. The van der Waals surface area contributed by atoms with Crippen LogP contribution in [0.25, 0.3) is 0 Å². The van der Waals surface area contributed by atoms with Crippen molar-refractivity contribution in [1.29, 1.82) is 0 Å². The van der Waals surface area contributed by atoms with Gasteiger partial charge in [0.15, 0.2) is 11.8 Å². The third kappa shape index (κ3) is 3.54.